The molecular formula is C16H17N. The Morgan fingerprint density at radius 1 is 1.41 bits per heavy atom. The Kier molecular flexibility index (Phi) is 2.47. The van der Waals surface area contributed by atoms with Crippen molar-refractivity contribution in [3.05, 3.63) is 47.2 Å². The van der Waals surface area contributed by atoms with Crippen LogP contribution in [0.4, 0.5) is 0 Å². The van der Waals surface area contributed by atoms with Gasteiger partial charge in [-0.3, -0.25) is 4.98 Å². The van der Waals surface area contributed by atoms with Gasteiger partial charge in [0.25, 0.3) is 0 Å². The van der Waals surface area contributed by atoms with Gasteiger partial charge in [-0.25, -0.2) is 0 Å². The van der Waals surface area contributed by atoms with Crippen molar-refractivity contribution in [1.82, 2.24) is 4.98 Å². The summed E-state index contributed by atoms with van der Waals surface area (Å²) in [5.41, 5.74) is 5.49. The largest absolute Gasteiger partial charge is 0.256 e. The maximum Gasteiger partial charge on any atom is 0.0740 e. The van der Waals surface area contributed by atoms with Crippen molar-refractivity contribution in [1.29, 1.82) is 0 Å². The fourth-order valence-electron chi connectivity index (χ4n) is 2.73. The van der Waals surface area contributed by atoms with Crippen molar-refractivity contribution in [3.8, 4) is 0 Å². The second-order valence-electron chi connectivity index (χ2n) is 4.90. The number of fused-ring (bicyclic) bond motifs is 3. The molecule has 1 atom stereocenters. The van der Waals surface area contributed by atoms with E-state index in [-0.39, 0.29) is 0 Å². The third-order valence-corrected chi connectivity index (χ3v) is 3.62. The summed E-state index contributed by atoms with van der Waals surface area (Å²) in [5, 5.41) is 1.28. The zero-order valence-corrected chi connectivity index (χ0v) is 10.4. The van der Waals surface area contributed by atoms with Gasteiger partial charge in [0, 0.05) is 11.6 Å². The van der Waals surface area contributed by atoms with E-state index in [0.29, 0.717) is 5.92 Å². The Balaban J connectivity index is 2.37. The molecule has 0 aliphatic heterocycles. The summed E-state index contributed by atoms with van der Waals surface area (Å²) in [6.45, 7) is 4.50. The van der Waals surface area contributed by atoms with Gasteiger partial charge in [0.1, 0.15) is 0 Å². The van der Waals surface area contributed by atoms with Crippen LogP contribution in [0.3, 0.4) is 0 Å². The SMILES string of the molecule is CCc1cc2cccnc2c2c1C=CC(C)C2. The fourth-order valence-corrected chi connectivity index (χ4v) is 2.73. The predicted octanol–water partition coefficient (Wildman–Crippen LogP) is 4.00. The van der Waals surface area contributed by atoms with E-state index < -0.39 is 0 Å². The van der Waals surface area contributed by atoms with Crippen LogP contribution in [-0.2, 0) is 12.8 Å². The summed E-state index contributed by atoms with van der Waals surface area (Å²) in [6.07, 6.45) is 8.71. The number of pyridine rings is 1. The average Bonchev–Trinajstić information content (AvgIpc) is 2.37. The molecule has 0 fully saturated rings. The number of aryl methyl sites for hydroxylation is 1. The van der Waals surface area contributed by atoms with E-state index in [9.17, 15) is 0 Å². The highest BCUT2D eigenvalue weighted by Gasteiger charge is 2.16. The number of hydrogen-bond donors (Lipinski definition) is 0. The summed E-state index contributed by atoms with van der Waals surface area (Å²) in [5.74, 6) is 0.625. The Hall–Kier alpha value is -1.63. The molecule has 86 valence electrons. The quantitative estimate of drug-likeness (QED) is 0.712. The Labute approximate surface area is 102 Å². The molecule has 1 heterocycles. The molecule has 0 saturated carbocycles. The molecule has 0 amide bonds. The van der Waals surface area contributed by atoms with Crippen molar-refractivity contribution in [2.45, 2.75) is 26.7 Å². The normalized spacial score (nSPS) is 18.4. The van der Waals surface area contributed by atoms with Crippen molar-refractivity contribution in [2.24, 2.45) is 5.92 Å². The number of hydrogen-bond acceptors (Lipinski definition) is 1. The molecule has 3 rings (SSSR count). The van der Waals surface area contributed by atoms with Crippen LogP contribution in [0.25, 0.3) is 17.0 Å². The maximum atomic E-state index is 4.57. The van der Waals surface area contributed by atoms with Crippen molar-refractivity contribution in [3.63, 3.8) is 0 Å². The molecule has 0 bridgehead atoms. The number of rotatable bonds is 1. The summed E-state index contributed by atoms with van der Waals surface area (Å²) < 4.78 is 0. The van der Waals surface area contributed by atoms with Crippen LogP contribution in [0.1, 0.15) is 30.5 Å². The molecule has 0 radical (unpaired) electrons. The minimum absolute atomic E-state index is 0.625. The van der Waals surface area contributed by atoms with E-state index in [2.05, 4.69) is 43.1 Å². The van der Waals surface area contributed by atoms with E-state index in [1.165, 1.54) is 27.6 Å². The van der Waals surface area contributed by atoms with Crippen LogP contribution >= 0.6 is 0 Å². The van der Waals surface area contributed by atoms with Gasteiger partial charge in [0.05, 0.1) is 5.52 Å². The molecule has 1 heteroatoms. The van der Waals surface area contributed by atoms with Crippen LogP contribution in [0.5, 0.6) is 0 Å². The number of benzene rings is 1. The lowest BCUT2D eigenvalue weighted by atomic mass is 9.85. The van der Waals surface area contributed by atoms with E-state index in [4.69, 9.17) is 0 Å². The minimum Gasteiger partial charge on any atom is -0.256 e. The fraction of sp³-hybridized carbons (Fsp3) is 0.312. The number of aromatic nitrogens is 1. The van der Waals surface area contributed by atoms with Gasteiger partial charge in [0.15, 0.2) is 0 Å². The molecule has 1 aliphatic carbocycles. The Bertz CT molecular complexity index is 596. The zero-order chi connectivity index (χ0) is 11.8. The summed E-state index contributed by atoms with van der Waals surface area (Å²) in [4.78, 5) is 4.57. The third-order valence-electron chi connectivity index (χ3n) is 3.62. The first-order valence-corrected chi connectivity index (χ1v) is 6.37. The molecule has 1 nitrogen and oxygen atoms in total. The van der Waals surface area contributed by atoms with Crippen LogP contribution in [-0.4, -0.2) is 4.98 Å². The van der Waals surface area contributed by atoms with Crippen LogP contribution < -0.4 is 0 Å². The summed E-state index contributed by atoms with van der Waals surface area (Å²) in [7, 11) is 0. The van der Waals surface area contributed by atoms with Crippen molar-refractivity contribution < 1.29 is 0 Å². The third kappa shape index (κ3) is 1.66. The first-order chi connectivity index (χ1) is 8.29. The predicted molar refractivity (Wildman–Crippen MR) is 73.0 cm³/mol. The lowest BCUT2D eigenvalue weighted by molar-refractivity contribution is 0.719. The molecule has 0 saturated heterocycles. The minimum atomic E-state index is 0.625. The van der Waals surface area contributed by atoms with Gasteiger partial charge in [-0.05, 0) is 47.6 Å². The van der Waals surface area contributed by atoms with Crippen LogP contribution in [0, 0.1) is 5.92 Å². The monoisotopic (exact) mass is 223 g/mol. The topological polar surface area (TPSA) is 12.9 Å². The lowest BCUT2D eigenvalue weighted by Crippen LogP contribution is -2.07. The summed E-state index contributed by atoms with van der Waals surface area (Å²) >= 11 is 0. The Morgan fingerprint density at radius 3 is 3.12 bits per heavy atom. The lowest BCUT2D eigenvalue weighted by Gasteiger charge is -2.20. The van der Waals surface area contributed by atoms with Gasteiger partial charge in [0.2, 0.25) is 0 Å². The van der Waals surface area contributed by atoms with Gasteiger partial charge in [-0.15, -0.1) is 0 Å². The van der Waals surface area contributed by atoms with Crippen molar-refractivity contribution >= 4 is 17.0 Å². The van der Waals surface area contributed by atoms with Crippen molar-refractivity contribution in [2.75, 3.05) is 0 Å². The standard InChI is InChI=1S/C16H17N/c1-3-12-10-13-5-4-8-17-16(13)15-9-11(2)6-7-14(12)15/h4-8,10-11H,3,9H2,1-2H3. The van der Waals surface area contributed by atoms with E-state index >= 15 is 0 Å². The average molecular weight is 223 g/mol. The maximum absolute atomic E-state index is 4.57. The van der Waals surface area contributed by atoms with Gasteiger partial charge in [-0.2, -0.15) is 0 Å². The van der Waals surface area contributed by atoms with Crippen LogP contribution in [0.2, 0.25) is 0 Å². The van der Waals surface area contributed by atoms with Gasteiger partial charge < -0.3 is 0 Å². The molecule has 0 spiro atoms. The first kappa shape index (κ1) is 10.5. The Morgan fingerprint density at radius 2 is 2.29 bits per heavy atom. The van der Waals surface area contributed by atoms with E-state index in [1.54, 1.807) is 0 Å². The second kappa shape index (κ2) is 3.99. The number of nitrogens with zero attached hydrogens (tertiary/aromatic N) is 1. The second-order valence-corrected chi connectivity index (χ2v) is 4.90. The molecule has 0 N–H and O–H groups in total. The van der Waals surface area contributed by atoms with Gasteiger partial charge in [-0.1, -0.05) is 32.1 Å². The number of allylic oxidation sites excluding steroid dienone is 1. The molecule has 2 aromatic rings. The molecule has 1 aromatic heterocycles. The molecule has 1 aromatic carbocycles. The van der Waals surface area contributed by atoms with E-state index in [0.717, 1.165) is 12.8 Å². The highest BCUT2D eigenvalue weighted by atomic mass is 14.7. The smallest absolute Gasteiger partial charge is 0.0740 e. The van der Waals surface area contributed by atoms with Crippen LogP contribution in [0.15, 0.2) is 30.5 Å². The molecule has 17 heavy (non-hydrogen) atoms. The van der Waals surface area contributed by atoms with E-state index in [1.807, 2.05) is 12.3 Å². The van der Waals surface area contributed by atoms with Gasteiger partial charge >= 0.3 is 0 Å². The summed E-state index contributed by atoms with van der Waals surface area (Å²) in [6, 6.07) is 6.49. The molecule has 1 unspecified atom stereocenters. The highest BCUT2D eigenvalue weighted by molar-refractivity contribution is 5.87. The zero-order valence-electron chi connectivity index (χ0n) is 10.4. The molecule has 1 aliphatic rings. The highest BCUT2D eigenvalue weighted by Crippen LogP contribution is 2.31. The first-order valence-electron chi connectivity index (χ1n) is 6.37. The molecular weight excluding hydrogens is 206 g/mol.